The third-order valence-corrected chi connectivity index (χ3v) is 3.85. The van der Waals surface area contributed by atoms with Crippen LogP contribution in [0.5, 0.6) is 0 Å². The first kappa shape index (κ1) is 13.9. The Balaban J connectivity index is 3.09. The molecule has 96 valence electrons. The first-order valence-electron chi connectivity index (χ1n) is 4.33. The van der Waals surface area contributed by atoms with Crippen LogP contribution in [0.3, 0.4) is 0 Å². The Morgan fingerprint density at radius 2 is 2.29 bits per heavy atom. The lowest BCUT2D eigenvalue weighted by Gasteiger charge is -2.12. The lowest BCUT2D eigenvalue weighted by Crippen LogP contribution is -2.43. The molecule has 0 aliphatic rings. The molecule has 1 heterocycles. The first-order chi connectivity index (χ1) is 7.79. The van der Waals surface area contributed by atoms with E-state index in [0.29, 0.717) is 0 Å². The first-order valence-corrected chi connectivity index (χ1v) is 6.19. The predicted octanol–water partition coefficient (Wildman–Crippen LogP) is -1.20. The Labute approximate surface area is 102 Å². The molecule has 8 nitrogen and oxygen atoms in total. The molecule has 3 N–H and O–H groups in total. The fraction of sp³-hybridized carbons (Fsp3) is 0.429. The van der Waals surface area contributed by atoms with Crippen molar-refractivity contribution in [3.05, 3.63) is 11.2 Å². The van der Waals surface area contributed by atoms with E-state index in [9.17, 15) is 13.2 Å². The second kappa shape index (κ2) is 5.00. The van der Waals surface area contributed by atoms with E-state index < -0.39 is 28.6 Å². The summed E-state index contributed by atoms with van der Waals surface area (Å²) < 4.78 is 26.3. The number of aliphatic hydroxyl groups is 1. The Hall–Kier alpha value is -1.16. The van der Waals surface area contributed by atoms with Gasteiger partial charge in [0.05, 0.1) is 17.8 Å². The molecule has 1 aromatic rings. The van der Waals surface area contributed by atoms with E-state index in [1.165, 1.54) is 7.05 Å². The highest BCUT2D eigenvalue weighted by Gasteiger charge is 2.28. The van der Waals surface area contributed by atoms with Crippen LogP contribution >= 0.6 is 11.6 Å². The zero-order valence-electron chi connectivity index (χ0n) is 8.66. The quantitative estimate of drug-likeness (QED) is 0.624. The van der Waals surface area contributed by atoms with Gasteiger partial charge < -0.3 is 10.2 Å². The number of halogens is 1. The molecule has 0 spiro atoms. The Morgan fingerprint density at radius 3 is 2.65 bits per heavy atom. The van der Waals surface area contributed by atoms with E-state index in [1.54, 1.807) is 4.72 Å². The normalized spacial score (nSPS) is 13.6. The van der Waals surface area contributed by atoms with E-state index in [1.807, 2.05) is 0 Å². The number of aryl methyl sites for hydroxylation is 1. The number of nitrogens with one attached hydrogen (secondary N) is 1. The highest BCUT2D eigenvalue weighted by molar-refractivity contribution is 7.89. The number of aliphatic carboxylic acids is 1. The summed E-state index contributed by atoms with van der Waals surface area (Å²) in [6.07, 6.45) is 1.12. The lowest BCUT2D eigenvalue weighted by molar-refractivity contribution is -0.139. The molecule has 0 saturated carbocycles. The fourth-order valence-electron chi connectivity index (χ4n) is 1.11. The number of hydrogen-bond acceptors (Lipinski definition) is 5. The summed E-state index contributed by atoms with van der Waals surface area (Å²) in [6.45, 7) is -0.871. The summed E-state index contributed by atoms with van der Waals surface area (Å²) in [5, 5.41) is 20.5. The molecule has 0 aliphatic heterocycles. The highest BCUT2D eigenvalue weighted by Crippen LogP contribution is 2.19. The van der Waals surface area contributed by atoms with Gasteiger partial charge >= 0.3 is 5.97 Å². The van der Waals surface area contributed by atoms with Gasteiger partial charge in [-0.25, -0.2) is 8.42 Å². The van der Waals surface area contributed by atoms with Crippen LogP contribution in [0, 0.1) is 0 Å². The molecule has 10 heteroatoms. The number of nitrogens with zero attached hydrogens (tertiary/aromatic N) is 2. The van der Waals surface area contributed by atoms with Gasteiger partial charge in [-0.05, 0) is 0 Å². The molecule has 1 aromatic heterocycles. The van der Waals surface area contributed by atoms with Crippen molar-refractivity contribution >= 4 is 27.6 Å². The summed E-state index contributed by atoms with van der Waals surface area (Å²) in [6, 6.07) is -1.63. The van der Waals surface area contributed by atoms with Crippen LogP contribution < -0.4 is 4.72 Å². The molecule has 0 aromatic carbocycles. The second-order valence-electron chi connectivity index (χ2n) is 3.12. The molecule has 0 saturated heterocycles. The lowest BCUT2D eigenvalue weighted by atomic mass is 10.3. The average molecular weight is 284 g/mol. The minimum atomic E-state index is -4.16. The van der Waals surface area contributed by atoms with Crippen molar-refractivity contribution in [2.45, 2.75) is 11.1 Å². The third-order valence-electron chi connectivity index (χ3n) is 1.88. The van der Waals surface area contributed by atoms with Crippen molar-refractivity contribution in [3.8, 4) is 0 Å². The minimum absolute atomic E-state index is 0.137. The highest BCUT2D eigenvalue weighted by atomic mass is 35.5. The molecule has 0 amide bonds. The number of carbonyl (C=O) groups is 1. The molecule has 0 aliphatic carbocycles. The number of aliphatic hydroxyl groups excluding tert-OH is 1. The molecule has 0 radical (unpaired) electrons. The summed E-state index contributed by atoms with van der Waals surface area (Å²) in [7, 11) is -2.81. The zero-order chi connectivity index (χ0) is 13.2. The van der Waals surface area contributed by atoms with Crippen molar-refractivity contribution in [3.63, 3.8) is 0 Å². The zero-order valence-corrected chi connectivity index (χ0v) is 10.2. The number of aromatic nitrogens is 2. The SMILES string of the molecule is Cn1ncc(Cl)c1S(=O)(=O)NC(CO)C(=O)O. The van der Waals surface area contributed by atoms with Gasteiger partial charge in [-0.3, -0.25) is 9.48 Å². The topological polar surface area (TPSA) is 122 Å². The molecule has 0 bridgehead atoms. The van der Waals surface area contributed by atoms with E-state index >= 15 is 0 Å². The largest absolute Gasteiger partial charge is 0.480 e. The Bertz CT molecular complexity index is 506. The van der Waals surface area contributed by atoms with Gasteiger partial charge in [0.25, 0.3) is 10.0 Å². The van der Waals surface area contributed by atoms with Crippen LogP contribution in [0.15, 0.2) is 11.2 Å². The molecule has 0 fully saturated rings. The van der Waals surface area contributed by atoms with Crippen LogP contribution in [0.4, 0.5) is 0 Å². The average Bonchev–Trinajstić information content (AvgIpc) is 2.55. The molecule has 1 atom stereocenters. The van der Waals surface area contributed by atoms with E-state index in [4.69, 9.17) is 21.8 Å². The summed E-state index contributed by atoms with van der Waals surface area (Å²) in [4.78, 5) is 10.6. The second-order valence-corrected chi connectivity index (χ2v) is 5.15. The van der Waals surface area contributed by atoms with Crippen molar-refractivity contribution in [1.82, 2.24) is 14.5 Å². The molecule has 1 unspecified atom stereocenters. The molecule has 1 rings (SSSR count). The van der Waals surface area contributed by atoms with Gasteiger partial charge in [0, 0.05) is 7.05 Å². The maximum Gasteiger partial charge on any atom is 0.324 e. The molecular formula is C7H10ClN3O5S. The number of sulfonamides is 1. The van der Waals surface area contributed by atoms with Crippen molar-refractivity contribution in [2.24, 2.45) is 7.05 Å². The van der Waals surface area contributed by atoms with Crippen LogP contribution in [0.25, 0.3) is 0 Å². The van der Waals surface area contributed by atoms with E-state index in [2.05, 4.69) is 5.10 Å². The van der Waals surface area contributed by atoms with E-state index in [-0.39, 0.29) is 10.0 Å². The summed E-state index contributed by atoms with van der Waals surface area (Å²) in [5.74, 6) is -1.49. The van der Waals surface area contributed by atoms with Gasteiger partial charge in [-0.1, -0.05) is 11.6 Å². The third kappa shape index (κ3) is 2.94. The monoisotopic (exact) mass is 283 g/mol. The maximum absolute atomic E-state index is 11.8. The van der Waals surface area contributed by atoms with Gasteiger partial charge in [-0.15, -0.1) is 0 Å². The van der Waals surface area contributed by atoms with Crippen molar-refractivity contribution in [2.75, 3.05) is 6.61 Å². The van der Waals surface area contributed by atoms with Gasteiger partial charge in [0.15, 0.2) is 5.03 Å². The standard InChI is InChI=1S/C7H10ClN3O5S/c1-11-6(4(8)2-9-11)17(15,16)10-5(3-12)7(13)14/h2,5,10,12H,3H2,1H3,(H,13,14). The number of carboxylic acids is 1. The van der Waals surface area contributed by atoms with Gasteiger partial charge in [0.1, 0.15) is 6.04 Å². The Kier molecular flexibility index (Phi) is 4.09. The van der Waals surface area contributed by atoms with Crippen LogP contribution in [-0.4, -0.2) is 47.0 Å². The van der Waals surface area contributed by atoms with Gasteiger partial charge in [0.2, 0.25) is 0 Å². The number of rotatable bonds is 5. The number of hydrogen-bond donors (Lipinski definition) is 3. The van der Waals surface area contributed by atoms with Crippen LogP contribution in [0.2, 0.25) is 5.02 Å². The van der Waals surface area contributed by atoms with Crippen LogP contribution in [0.1, 0.15) is 0 Å². The summed E-state index contributed by atoms with van der Waals surface area (Å²) >= 11 is 5.62. The predicted molar refractivity (Wildman–Crippen MR) is 57.0 cm³/mol. The van der Waals surface area contributed by atoms with Crippen molar-refractivity contribution in [1.29, 1.82) is 0 Å². The molecular weight excluding hydrogens is 274 g/mol. The maximum atomic E-state index is 11.8. The van der Waals surface area contributed by atoms with E-state index in [0.717, 1.165) is 10.9 Å². The minimum Gasteiger partial charge on any atom is -0.480 e. The fourth-order valence-corrected chi connectivity index (χ4v) is 2.95. The number of carboxylic acid groups (broad SMARTS) is 1. The smallest absolute Gasteiger partial charge is 0.324 e. The van der Waals surface area contributed by atoms with Crippen molar-refractivity contribution < 1.29 is 23.4 Å². The summed E-state index contributed by atoms with van der Waals surface area (Å²) in [5.41, 5.74) is 0. The van der Waals surface area contributed by atoms with Gasteiger partial charge in [-0.2, -0.15) is 9.82 Å². The molecule has 17 heavy (non-hydrogen) atoms. The van der Waals surface area contributed by atoms with Crippen LogP contribution in [-0.2, 0) is 21.9 Å². The Morgan fingerprint density at radius 1 is 1.71 bits per heavy atom.